The van der Waals surface area contributed by atoms with Gasteiger partial charge in [0, 0.05) is 29.9 Å². The third kappa shape index (κ3) is 3.69. The zero-order valence-corrected chi connectivity index (χ0v) is 14.1. The maximum atomic E-state index is 14.5. The van der Waals surface area contributed by atoms with Gasteiger partial charge in [-0.25, -0.2) is 9.38 Å². The monoisotopic (exact) mass is 378 g/mol. The third-order valence-corrected chi connectivity index (χ3v) is 4.32. The number of halogens is 4. The summed E-state index contributed by atoms with van der Waals surface area (Å²) in [4.78, 5) is 7.88. The maximum absolute atomic E-state index is 14.5. The molecule has 0 fully saturated rings. The van der Waals surface area contributed by atoms with Crippen LogP contribution in [0, 0.1) is 17.1 Å². The Balaban J connectivity index is 2.08. The van der Waals surface area contributed by atoms with E-state index in [1.165, 1.54) is 31.5 Å². The van der Waals surface area contributed by atoms with Gasteiger partial charge in [0.2, 0.25) is 0 Å². The van der Waals surface area contributed by atoms with Crippen LogP contribution in [0.25, 0.3) is 11.1 Å². The summed E-state index contributed by atoms with van der Waals surface area (Å²) < 4.78 is 58.5. The van der Waals surface area contributed by atoms with Crippen LogP contribution in [-0.2, 0) is 10.3 Å². The van der Waals surface area contributed by atoms with E-state index in [-0.39, 0.29) is 5.56 Å². The second-order valence-corrected chi connectivity index (χ2v) is 6.34. The summed E-state index contributed by atoms with van der Waals surface area (Å²) in [6.07, 6.45) is -4.63. The van der Waals surface area contributed by atoms with E-state index < -0.39 is 36.1 Å². The van der Waals surface area contributed by atoms with Crippen LogP contribution in [0.2, 0.25) is 0 Å². The minimum absolute atomic E-state index is 0.0529. The number of nitrogens with two attached hydrogens (primary N) is 1. The highest BCUT2D eigenvalue weighted by molar-refractivity contribution is 5.73. The molecule has 9 heteroatoms. The number of pyridine rings is 1. The van der Waals surface area contributed by atoms with Crippen LogP contribution >= 0.6 is 0 Å². The lowest BCUT2D eigenvalue weighted by atomic mass is 9.84. The van der Waals surface area contributed by atoms with E-state index in [0.717, 1.165) is 6.07 Å². The van der Waals surface area contributed by atoms with Gasteiger partial charge in [-0.2, -0.15) is 18.4 Å². The first-order valence-electron chi connectivity index (χ1n) is 7.86. The van der Waals surface area contributed by atoms with Crippen LogP contribution < -0.4 is 5.73 Å². The fraction of sp³-hybridized carbons (Fsp3) is 0.278. The number of nitriles is 1. The molecular weight excluding hydrogens is 364 g/mol. The lowest BCUT2D eigenvalue weighted by Gasteiger charge is -2.36. The second kappa shape index (κ2) is 6.54. The van der Waals surface area contributed by atoms with Crippen molar-refractivity contribution in [1.82, 2.24) is 4.98 Å². The predicted octanol–water partition coefficient (Wildman–Crippen LogP) is 3.64. The van der Waals surface area contributed by atoms with Gasteiger partial charge in [0.1, 0.15) is 11.9 Å². The molecule has 27 heavy (non-hydrogen) atoms. The molecule has 1 aromatic heterocycles. The molecule has 0 amide bonds. The van der Waals surface area contributed by atoms with Gasteiger partial charge in [-0.05, 0) is 30.7 Å². The number of alkyl halides is 3. The van der Waals surface area contributed by atoms with Crippen LogP contribution in [0.5, 0.6) is 0 Å². The molecule has 1 aliphatic heterocycles. The van der Waals surface area contributed by atoms with Gasteiger partial charge in [0.25, 0.3) is 6.02 Å². The van der Waals surface area contributed by atoms with Crippen LogP contribution in [-0.4, -0.2) is 23.3 Å². The lowest BCUT2D eigenvalue weighted by molar-refractivity contribution is -0.208. The number of benzene rings is 1. The zero-order chi connectivity index (χ0) is 19.8. The molecule has 140 valence electrons. The van der Waals surface area contributed by atoms with E-state index in [4.69, 9.17) is 11.0 Å². The first-order valence-corrected chi connectivity index (χ1v) is 7.86. The highest BCUT2D eigenvalue weighted by atomic mass is 19.4. The summed E-state index contributed by atoms with van der Waals surface area (Å²) in [5, 5.41) is 8.99. The molecule has 2 atom stereocenters. The molecule has 0 bridgehead atoms. The number of ether oxygens (including phenoxy) is 1. The number of nitrogens with zero attached hydrogens (tertiary/aromatic N) is 3. The van der Waals surface area contributed by atoms with E-state index in [2.05, 4.69) is 14.7 Å². The van der Waals surface area contributed by atoms with Crippen molar-refractivity contribution >= 4 is 6.02 Å². The molecule has 2 N–H and O–H groups in total. The summed E-state index contributed by atoms with van der Waals surface area (Å²) in [5.74, 6) is -0.718. The summed E-state index contributed by atoms with van der Waals surface area (Å²) in [7, 11) is 0. The first-order chi connectivity index (χ1) is 12.6. The smallest absolute Gasteiger partial charge is 0.425 e. The second-order valence-electron chi connectivity index (χ2n) is 6.34. The number of amidine groups is 1. The molecule has 1 aromatic carbocycles. The summed E-state index contributed by atoms with van der Waals surface area (Å²) in [6.45, 7) is 1.37. The minimum atomic E-state index is -4.67. The van der Waals surface area contributed by atoms with Crippen molar-refractivity contribution in [3.05, 3.63) is 53.6 Å². The van der Waals surface area contributed by atoms with Crippen molar-refractivity contribution in [2.24, 2.45) is 10.7 Å². The molecule has 2 aromatic rings. The molecular formula is C18H14F4N4O. The molecule has 2 unspecified atom stereocenters. The van der Waals surface area contributed by atoms with Gasteiger partial charge in [-0.3, -0.25) is 4.98 Å². The molecule has 5 nitrogen and oxygen atoms in total. The Bertz CT molecular complexity index is 951. The van der Waals surface area contributed by atoms with Crippen molar-refractivity contribution in [2.75, 3.05) is 0 Å². The van der Waals surface area contributed by atoms with E-state index >= 15 is 0 Å². The van der Waals surface area contributed by atoms with Crippen molar-refractivity contribution in [1.29, 1.82) is 5.26 Å². The Hall–Kier alpha value is -3.15. The Labute approximate surface area is 152 Å². The fourth-order valence-electron chi connectivity index (χ4n) is 2.99. The van der Waals surface area contributed by atoms with Gasteiger partial charge >= 0.3 is 6.18 Å². The average molecular weight is 378 g/mol. The van der Waals surface area contributed by atoms with Gasteiger partial charge in [0.15, 0.2) is 6.10 Å². The van der Waals surface area contributed by atoms with Crippen LogP contribution in [0.15, 0.2) is 41.7 Å². The van der Waals surface area contributed by atoms with E-state index in [1.807, 2.05) is 6.07 Å². The fourth-order valence-corrected chi connectivity index (χ4v) is 2.99. The largest absolute Gasteiger partial charge is 0.452 e. The number of hydrogen-bond acceptors (Lipinski definition) is 5. The lowest BCUT2D eigenvalue weighted by Crippen LogP contribution is -2.46. The molecule has 2 heterocycles. The van der Waals surface area contributed by atoms with Crippen LogP contribution in [0.3, 0.4) is 0 Å². The molecule has 0 saturated heterocycles. The topological polar surface area (TPSA) is 84.3 Å². The van der Waals surface area contributed by atoms with Gasteiger partial charge in [0.05, 0.1) is 11.1 Å². The van der Waals surface area contributed by atoms with Gasteiger partial charge in [-0.15, -0.1) is 0 Å². The van der Waals surface area contributed by atoms with Crippen molar-refractivity contribution in [3.63, 3.8) is 0 Å². The Morgan fingerprint density at radius 1 is 1.26 bits per heavy atom. The number of hydrogen-bond donors (Lipinski definition) is 1. The molecule has 1 aliphatic rings. The number of aliphatic imine (C=N–C) groups is 1. The number of rotatable bonds is 2. The Kier molecular flexibility index (Phi) is 4.51. The minimum Gasteiger partial charge on any atom is -0.452 e. The molecule has 0 aliphatic carbocycles. The summed E-state index contributed by atoms with van der Waals surface area (Å²) in [6, 6.07) is 6.83. The normalized spacial score (nSPS) is 22.5. The van der Waals surface area contributed by atoms with Crippen LogP contribution in [0.4, 0.5) is 17.6 Å². The Morgan fingerprint density at radius 2 is 2.00 bits per heavy atom. The van der Waals surface area contributed by atoms with Gasteiger partial charge in [-0.1, -0.05) is 6.07 Å². The van der Waals surface area contributed by atoms with Crippen LogP contribution in [0.1, 0.15) is 24.5 Å². The quantitative estimate of drug-likeness (QED) is 0.809. The predicted molar refractivity (Wildman–Crippen MR) is 88.9 cm³/mol. The summed E-state index contributed by atoms with van der Waals surface area (Å²) in [5.41, 5.74) is 5.12. The van der Waals surface area contributed by atoms with Crippen molar-refractivity contribution in [3.8, 4) is 17.2 Å². The SMILES string of the molecule is CC1(c2cc(-c3cncc(C#N)c3)ccc2F)CC(C(F)(F)F)OC(N)=N1. The van der Waals surface area contributed by atoms with Crippen molar-refractivity contribution < 1.29 is 22.3 Å². The third-order valence-electron chi connectivity index (χ3n) is 4.32. The first kappa shape index (κ1) is 18.6. The highest BCUT2D eigenvalue weighted by Crippen LogP contribution is 2.41. The number of aromatic nitrogens is 1. The molecule has 0 spiro atoms. The average Bonchev–Trinajstić information content (AvgIpc) is 2.60. The van der Waals surface area contributed by atoms with E-state index in [9.17, 15) is 17.6 Å². The highest BCUT2D eigenvalue weighted by Gasteiger charge is 2.50. The van der Waals surface area contributed by atoms with Crippen molar-refractivity contribution in [2.45, 2.75) is 31.2 Å². The molecule has 0 saturated carbocycles. The van der Waals surface area contributed by atoms with Gasteiger partial charge < -0.3 is 10.5 Å². The van der Waals surface area contributed by atoms with E-state index in [0.29, 0.717) is 16.7 Å². The zero-order valence-electron chi connectivity index (χ0n) is 14.1. The maximum Gasteiger partial charge on any atom is 0.425 e. The Morgan fingerprint density at radius 3 is 2.67 bits per heavy atom. The van der Waals surface area contributed by atoms with E-state index in [1.54, 1.807) is 6.07 Å². The summed E-state index contributed by atoms with van der Waals surface area (Å²) >= 11 is 0. The molecule has 0 radical (unpaired) electrons. The molecule has 3 rings (SSSR count). The standard InChI is InChI=1S/C18H14F4N4O/c1-17(6-15(18(20,21)22)27-16(24)26-17)13-5-11(2-3-14(13)19)12-4-10(7-23)8-25-9-12/h2-5,8-9,15H,6H2,1H3,(H2,24,26).